The number of piperidine rings is 1. The summed E-state index contributed by atoms with van der Waals surface area (Å²) in [6.07, 6.45) is 5.40. The molecule has 0 aromatic heterocycles. The summed E-state index contributed by atoms with van der Waals surface area (Å²) in [5, 5.41) is 0. The number of rotatable bonds is 5. The second-order valence-electron chi connectivity index (χ2n) is 5.31. The molecular formula is C13H27NS. The van der Waals surface area contributed by atoms with Gasteiger partial charge in [-0.05, 0) is 50.3 Å². The summed E-state index contributed by atoms with van der Waals surface area (Å²) in [6.45, 7) is 9.62. The fourth-order valence-corrected chi connectivity index (χ4v) is 3.01. The van der Waals surface area contributed by atoms with E-state index in [4.69, 9.17) is 0 Å². The van der Waals surface area contributed by atoms with Crippen LogP contribution >= 0.6 is 12.6 Å². The second kappa shape index (κ2) is 6.80. The molecule has 0 amide bonds. The summed E-state index contributed by atoms with van der Waals surface area (Å²) >= 11 is 4.47. The molecule has 2 heteroatoms. The molecule has 3 unspecified atom stereocenters. The first kappa shape index (κ1) is 13.4. The van der Waals surface area contributed by atoms with E-state index >= 15 is 0 Å². The van der Waals surface area contributed by atoms with Gasteiger partial charge in [0, 0.05) is 12.6 Å². The van der Waals surface area contributed by atoms with E-state index in [2.05, 4.69) is 38.3 Å². The van der Waals surface area contributed by atoms with Crippen LogP contribution in [0.1, 0.15) is 46.5 Å². The Morgan fingerprint density at radius 2 is 2.13 bits per heavy atom. The fourth-order valence-electron chi connectivity index (χ4n) is 2.71. The summed E-state index contributed by atoms with van der Waals surface area (Å²) in [6, 6.07) is 0.785. The number of hydrogen-bond acceptors (Lipinski definition) is 2. The summed E-state index contributed by atoms with van der Waals surface area (Å²) < 4.78 is 0. The van der Waals surface area contributed by atoms with E-state index in [1.54, 1.807) is 0 Å². The van der Waals surface area contributed by atoms with Crippen LogP contribution in [-0.4, -0.2) is 29.8 Å². The van der Waals surface area contributed by atoms with Crippen molar-refractivity contribution in [3.63, 3.8) is 0 Å². The molecule has 90 valence electrons. The van der Waals surface area contributed by atoms with Crippen LogP contribution in [0.2, 0.25) is 0 Å². The fraction of sp³-hybridized carbons (Fsp3) is 1.00. The maximum atomic E-state index is 4.47. The lowest BCUT2D eigenvalue weighted by Crippen LogP contribution is -2.43. The Hall–Kier alpha value is 0.310. The molecule has 0 radical (unpaired) electrons. The van der Waals surface area contributed by atoms with E-state index in [0.717, 1.165) is 23.6 Å². The van der Waals surface area contributed by atoms with E-state index in [1.807, 2.05) is 0 Å². The van der Waals surface area contributed by atoms with Crippen molar-refractivity contribution in [1.82, 2.24) is 4.90 Å². The molecule has 0 aliphatic carbocycles. The summed E-state index contributed by atoms with van der Waals surface area (Å²) in [4.78, 5) is 2.68. The molecular weight excluding hydrogens is 202 g/mol. The van der Waals surface area contributed by atoms with Gasteiger partial charge in [-0.25, -0.2) is 0 Å². The van der Waals surface area contributed by atoms with E-state index in [9.17, 15) is 0 Å². The zero-order valence-corrected chi connectivity index (χ0v) is 11.5. The monoisotopic (exact) mass is 229 g/mol. The minimum atomic E-state index is 0.785. The van der Waals surface area contributed by atoms with E-state index < -0.39 is 0 Å². The topological polar surface area (TPSA) is 3.24 Å². The lowest BCUT2D eigenvalue weighted by molar-refractivity contribution is 0.112. The third-order valence-electron chi connectivity index (χ3n) is 3.72. The molecule has 0 aromatic carbocycles. The molecule has 0 bridgehead atoms. The van der Waals surface area contributed by atoms with Crippen LogP contribution in [0.5, 0.6) is 0 Å². The van der Waals surface area contributed by atoms with Crippen LogP contribution in [-0.2, 0) is 0 Å². The van der Waals surface area contributed by atoms with Crippen molar-refractivity contribution < 1.29 is 0 Å². The minimum Gasteiger partial charge on any atom is -0.300 e. The molecule has 1 rings (SSSR count). The van der Waals surface area contributed by atoms with Crippen molar-refractivity contribution >= 4 is 12.6 Å². The molecule has 0 aromatic rings. The van der Waals surface area contributed by atoms with Gasteiger partial charge in [0.05, 0.1) is 0 Å². The van der Waals surface area contributed by atoms with Gasteiger partial charge < -0.3 is 4.90 Å². The largest absolute Gasteiger partial charge is 0.300 e. The van der Waals surface area contributed by atoms with Gasteiger partial charge in [0.25, 0.3) is 0 Å². The quantitative estimate of drug-likeness (QED) is 0.707. The molecule has 1 aliphatic heterocycles. The van der Waals surface area contributed by atoms with Gasteiger partial charge in [-0.3, -0.25) is 0 Å². The molecule has 0 spiro atoms. The van der Waals surface area contributed by atoms with Crippen LogP contribution in [0.25, 0.3) is 0 Å². The molecule has 1 fully saturated rings. The summed E-state index contributed by atoms with van der Waals surface area (Å²) in [7, 11) is 0. The Kier molecular flexibility index (Phi) is 6.06. The van der Waals surface area contributed by atoms with E-state index in [1.165, 1.54) is 38.8 Å². The van der Waals surface area contributed by atoms with Crippen LogP contribution in [0, 0.1) is 11.8 Å². The Morgan fingerprint density at radius 1 is 1.40 bits per heavy atom. The van der Waals surface area contributed by atoms with Crippen LogP contribution in [0.15, 0.2) is 0 Å². The molecule has 3 atom stereocenters. The first-order chi connectivity index (χ1) is 7.17. The maximum Gasteiger partial charge on any atom is 0.00695 e. The standard InChI is InChI=1S/C13H27NS/c1-4-5-13(10-15)9-14-7-6-11(2)8-12(14)3/h11-13,15H,4-10H2,1-3H3. The highest BCUT2D eigenvalue weighted by atomic mass is 32.1. The lowest BCUT2D eigenvalue weighted by atomic mass is 9.92. The Balaban J connectivity index is 2.35. The van der Waals surface area contributed by atoms with Crippen molar-refractivity contribution in [2.75, 3.05) is 18.8 Å². The van der Waals surface area contributed by atoms with Gasteiger partial charge in [-0.2, -0.15) is 12.6 Å². The minimum absolute atomic E-state index is 0.785. The predicted molar refractivity (Wildman–Crippen MR) is 71.7 cm³/mol. The smallest absolute Gasteiger partial charge is 0.00695 e. The Bertz CT molecular complexity index is 172. The maximum absolute atomic E-state index is 4.47. The third-order valence-corrected chi connectivity index (χ3v) is 4.24. The molecule has 1 nitrogen and oxygen atoms in total. The number of thiol groups is 1. The molecule has 0 N–H and O–H groups in total. The van der Waals surface area contributed by atoms with E-state index in [0.29, 0.717) is 0 Å². The van der Waals surface area contributed by atoms with Crippen LogP contribution in [0.3, 0.4) is 0 Å². The van der Waals surface area contributed by atoms with Crippen molar-refractivity contribution in [3.8, 4) is 0 Å². The van der Waals surface area contributed by atoms with Gasteiger partial charge >= 0.3 is 0 Å². The summed E-state index contributed by atoms with van der Waals surface area (Å²) in [5.74, 6) is 2.78. The average Bonchev–Trinajstić information content (AvgIpc) is 2.21. The first-order valence-corrected chi connectivity index (χ1v) is 7.15. The highest BCUT2D eigenvalue weighted by molar-refractivity contribution is 7.80. The molecule has 1 aliphatic rings. The predicted octanol–water partition coefficient (Wildman–Crippen LogP) is 3.45. The van der Waals surface area contributed by atoms with E-state index in [-0.39, 0.29) is 0 Å². The van der Waals surface area contributed by atoms with Gasteiger partial charge in [-0.1, -0.05) is 20.3 Å². The number of nitrogens with zero attached hydrogens (tertiary/aromatic N) is 1. The highest BCUT2D eigenvalue weighted by Gasteiger charge is 2.24. The third kappa shape index (κ3) is 4.36. The van der Waals surface area contributed by atoms with Gasteiger partial charge in [0.2, 0.25) is 0 Å². The highest BCUT2D eigenvalue weighted by Crippen LogP contribution is 2.24. The molecule has 15 heavy (non-hydrogen) atoms. The molecule has 1 heterocycles. The van der Waals surface area contributed by atoms with Crippen molar-refractivity contribution in [2.24, 2.45) is 11.8 Å². The summed E-state index contributed by atoms with van der Waals surface area (Å²) in [5.41, 5.74) is 0. The van der Waals surface area contributed by atoms with Crippen molar-refractivity contribution in [1.29, 1.82) is 0 Å². The molecule has 0 saturated carbocycles. The lowest BCUT2D eigenvalue weighted by Gasteiger charge is -2.38. The van der Waals surface area contributed by atoms with Crippen molar-refractivity contribution in [3.05, 3.63) is 0 Å². The Morgan fingerprint density at radius 3 is 2.67 bits per heavy atom. The SMILES string of the molecule is CCCC(CS)CN1CCC(C)CC1C. The number of likely N-dealkylation sites (tertiary alicyclic amines) is 1. The zero-order valence-electron chi connectivity index (χ0n) is 10.6. The van der Waals surface area contributed by atoms with Crippen molar-refractivity contribution in [2.45, 2.75) is 52.5 Å². The molecule has 1 saturated heterocycles. The van der Waals surface area contributed by atoms with Crippen LogP contribution < -0.4 is 0 Å². The second-order valence-corrected chi connectivity index (χ2v) is 5.68. The first-order valence-electron chi connectivity index (χ1n) is 6.52. The zero-order chi connectivity index (χ0) is 11.3. The normalized spacial score (nSPS) is 30.4. The van der Waals surface area contributed by atoms with Gasteiger partial charge in [-0.15, -0.1) is 0 Å². The van der Waals surface area contributed by atoms with Gasteiger partial charge in [0.15, 0.2) is 0 Å². The van der Waals surface area contributed by atoms with Gasteiger partial charge in [0.1, 0.15) is 0 Å². The average molecular weight is 229 g/mol. The number of hydrogen-bond donors (Lipinski definition) is 1. The van der Waals surface area contributed by atoms with Crippen LogP contribution in [0.4, 0.5) is 0 Å². The Labute approximate surface area is 101 Å².